The maximum atomic E-state index is 6.63. The normalized spacial score (nSPS) is 15.2. The molecule has 2 N–H and O–H groups in total. The summed E-state index contributed by atoms with van der Waals surface area (Å²) in [5, 5.41) is 4.87. The molecule has 0 saturated carbocycles. The Balaban J connectivity index is 1.62. The third-order valence-electron chi connectivity index (χ3n) is 6.66. The van der Waals surface area contributed by atoms with Gasteiger partial charge in [-0.25, -0.2) is 0 Å². The molecular weight excluding hydrogens is 402 g/mol. The van der Waals surface area contributed by atoms with Crippen LogP contribution in [0.2, 0.25) is 0 Å². The second-order valence-electron chi connectivity index (χ2n) is 8.57. The van der Waals surface area contributed by atoms with Gasteiger partial charge in [0.15, 0.2) is 6.23 Å². The van der Waals surface area contributed by atoms with Gasteiger partial charge in [0.1, 0.15) is 5.75 Å². The zero-order valence-electron chi connectivity index (χ0n) is 18.6. The van der Waals surface area contributed by atoms with E-state index in [4.69, 9.17) is 10.5 Å². The molecule has 0 fully saturated rings. The Morgan fingerprint density at radius 1 is 0.727 bits per heavy atom. The summed E-state index contributed by atoms with van der Waals surface area (Å²) in [6, 6.07) is 34.2. The molecule has 0 spiro atoms. The quantitative estimate of drug-likeness (QED) is 0.304. The van der Waals surface area contributed by atoms with Crippen LogP contribution in [0.5, 0.6) is 5.75 Å². The summed E-state index contributed by atoms with van der Waals surface area (Å²) in [7, 11) is 0. The highest BCUT2D eigenvalue weighted by Crippen LogP contribution is 2.45. The van der Waals surface area contributed by atoms with E-state index in [2.05, 4.69) is 110 Å². The van der Waals surface area contributed by atoms with Crippen LogP contribution in [0.3, 0.4) is 0 Å². The predicted octanol–water partition coefficient (Wildman–Crippen LogP) is 7.44. The smallest absolute Gasteiger partial charge is 0.174 e. The van der Waals surface area contributed by atoms with Crippen molar-refractivity contribution in [1.29, 1.82) is 0 Å². The Morgan fingerprint density at radius 3 is 2.09 bits per heavy atom. The Hall–Kier alpha value is -3.88. The number of hydrogen-bond acceptors (Lipinski definition) is 2. The number of aryl methyl sites for hydroxylation is 1. The minimum absolute atomic E-state index is 0.521. The van der Waals surface area contributed by atoms with E-state index in [9.17, 15) is 0 Å². The first kappa shape index (κ1) is 19.8. The lowest BCUT2D eigenvalue weighted by atomic mass is 9.88. The van der Waals surface area contributed by atoms with E-state index in [-0.39, 0.29) is 0 Å². The lowest BCUT2D eigenvalue weighted by molar-refractivity contribution is 0.264. The molecule has 0 aliphatic carbocycles. The third-order valence-corrected chi connectivity index (χ3v) is 6.66. The van der Waals surface area contributed by atoms with E-state index in [1.54, 1.807) is 0 Å². The van der Waals surface area contributed by atoms with Crippen molar-refractivity contribution in [1.82, 2.24) is 0 Å². The predicted molar refractivity (Wildman–Crippen MR) is 139 cm³/mol. The van der Waals surface area contributed by atoms with E-state index in [0.29, 0.717) is 0 Å². The van der Waals surface area contributed by atoms with Crippen LogP contribution in [-0.4, -0.2) is 6.23 Å². The summed E-state index contributed by atoms with van der Waals surface area (Å²) in [6.07, 6.45) is 2.64. The van der Waals surface area contributed by atoms with E-state index in [0.717, 1.165) is 28.9 Å². The number of rotatable bonds is 3. The third kappa shape index (κ3) is 3.23. The fourth-order valence-corrected chi connectivity index (χ4v) is 5.08. The minimum atomic E-state index is -0.521. The second-order valence-corrected chi connectivity index (χ2v) is 8.57. The van der Waals surface area contributed by atoms with Crippen molar-refractivity contribution >= 4 is 33.2 Å². The van der Waals surface area contributed by atoms with Gasteiger partial charge in [0, 0.05) is 22.3 Å². The molecular formula is C31H25NO. The zero-order chi connectivity index (χ0) is 22.4. The summed E-state index contributed by atoms with van der Waals surface area (Å²) < 4.78 is 6.49. The molecule has 2 nitrogen and oxygen atoms in total. The molecule has 0 radical (unpaired) electrons. The van der Waals surface area contributed by atoms with Gasteiger partial charge in [-0.2, -0.15) is 0 Å². The van der Waals surface area contributed by atoms with Crippen LogP contribution < -0.4 is 10.5 Å². The Labute approximate surface area is 193 Å². The highest BCUT2D eigenvalue weighted by molar-refractivity contribution is 6.14. The molecule has 2 heteroatoms. The van der Waals surface area contributed by atoms with E-state index in [1.165, 1.54) is 38.2 Å². The van der Waals surface area contributed by atoms with Gasteiger partial charge in [-0.15, -0.1) is 0 Å². The van der Waals surface area contributed by atoms with Gasteiger partial charge in [-0.05, 0) is 51.2 Å². The van der Waals surface area contributed by atoms with Gasteiger partial charge in [-0.3, -0.25) is 5.73 Å². The molecule has 0 bridgehead atoms. The molecule has 1 atom stereocenters. The van der Waals surface area contributed by atoms with Crippen LogP contribution in [0.15, 0.2) is 97.1 Å². The van der Waals surface area contributed by atoms with E-state index >= 15 is 0 Å². The molecule has 1 heterocycles. The summed E-state index contributed by atoms with van der Waals surface area (Å²) >= 11 is 0. The molecule has 160 valence electrons. The van der Waals surface area contributed by atoms with Crippen molar-refractivity contribution in [2.75, 3.05) is 0 Å². The average molecular weight is 428 g/mol. The summed E-state index contributed by atoms with van der Waals surface area (Å²) in [5.74, 6) is 0.851. The van der Waals surface area contributed by atoms with Crippen molar-refractivity contribution < 1.29 is 4.74 Å². The van der Waals surface area contributed by atoms with Crippen LogP contribution >= 0.6 is 0 Å². The Kier molecular flexibility index (Phi) is 4.74. The van der Waals surface area contributed by atoms with E-state index in [1.807, 2.05) is 0 Å². The molecule has 1 aliphatic rings. The van der Waals surface area contributed by atoms with Gasteiger partial charge < -0.3 is 4.74 Å². The summed E-state index contributed by atoms with van der Waals surface area (Å²) in [4.78, 5) is 0. The molecule has 5 aromatic carbocycles. The number of para-hydroxylation sites is 1. The molecule has 33 heavy (non-hydrogen) atoms. The van der Waals surface area contributed by atoms with Crippen LogP contribution in [0, 0.1) is 0 Å². The molecule has 1 aliphatic heterocycles. The van der Waals surface area contributed by atoms with Crippen molar-refractivity contribution in [2.45, 2.75) is 19.6 Å². The lowest BCUT2D eigenvalue weighted by Gasteiger charge is -2.28. The van der Waals surface area contributed by atoms with Crippen LogP contribution in [0.1, 0.15) is 23.6 Å². The SMILES string of the molecule is CCc1ccccc1C1=Cc2cccc(-c3c4ccccc4cc4ccccc34)c2O[C@H]1N. The average Bonchev–Trinajstić information content (AvgIpc) is 2.86. The fraction of sp³-hybridized carbons (Fsp3) is 0.0968. The number of hydrogen-bond donors (Lipinski definition) is 1. The van der Waals surface area contributed by atoms with Crippen molar-refractivity contribution in [2.24, 2.45) is 5.73 Å². The maximum Gasteiger partial charge on any atom is 0.174 e. The first-order valence-electron chi connectivity index (χ1n) is 11.5. The van der Waals surface area contributed by atoms with Crippen LogP contribution in [0.4, 0.5) is 0 Å². The Morgan fingerprint density at radius 2 is 1.36 bits per heavy atom. The van der Waals surface area contributed by atoms with Gasteiger partial charge in [0.05, 0.1) is 0 Å². The lowest BCUT2D eigenvalue weighted by Crippen LogP contribution is -2.31. The molecule has 6 rings (SSSR count). The molecule has 0 aromatic heterocycles. The van der Waals surface area contributed by atoms with Gasteiger partial charge >= 0.3 is 0 Å². The van der Waals surface area contributed by atoms with Gasteiger partial charge in [0.2, 0.25) is 0 Å². The standard InChI is InChI=1S/C31H25NO/c1-2-20-10-3-6-14-24(20)28-19-23-13-9-17-27(30(23)33-31(28)32)29-25-15-7-4-11-21(25)18-22-12-5-8-16-26(22)29/h3-19,31H,2,32H2,1H3/t31-/m1/s1. The topological polar surface area (TPSA) is 35.2 Å². The highest BCUT2D eigenvalue weighted by Gasteiger charge is 2.25. The maximum absolute atomic E-state index is 6.63. The molecule has 0 unspecified atom stereocenters. The first-order valence-corrected chi connectivity index (χ1v) is 11.5. The second kappa shape index (κ2) is 7.91. The van der Waals surface area contributed by atoms with Crippen LogP contribution in [-0.2, 0) is 6.42 Å². The number of benzene rings is 5. The molecule has 5 aromatic rings. The van der Waals surface area contributed by atoms with Crippen molar-refractivity contribution in [3.05, 3.63) is 114 Å². The Bertz CT molecular complexity index is 1490. The summed E-state index contributed by atoms with van der Waals surface area (Å²) in [6.45, 7) is 2.17. The molecule has 0 amide bonds. The monoisotopic (exact) mass is 427 g/mol. The van der Waals surface area contributed by atoms with Crippen LogP contribution in [0.25, 0.3) is 44.3 Å². The molecule has 0 saturated heterocycles. The highest BCUT2D eigenvalue weighted by atomic mass is 16.5. The largest absolute Gasteiger partial charge is 0.470 e. The first-order chi connectivity index (χ1) is 16.2. The number of nitrogens with two attached hydrogens (primary N) is 1. The zero-order valence-corrected chi connectivity index (χ0v) is 18.6. The van der Waals surface area contributed by atoms with Gasteiger partial charge in [0.25, 0.3) is 0 Å². The fourth-order valence-electron chi connectivity index (χ4n) is 5.08. The van der Waals surface area contributed by atoms with E-state index < -0.39 is 6.23 Å². The summed E-state index contributed by atoms with van der Waals surface area (Å²) in [5.41, 5.74) is 13.4. The minimum Gasteiger partial charge on any atom is -0.470 e. The van der Waals surface area contributed by atoms with Crippen molar-refractivity contribution in [3.63, 3.8) is 0 Å². The number of ether oxygens (including phenoxy) is 1. The van der Waals surface area contributed by atoms with Gasteiger partial charge in [-0.1, -0.05) is 97.9 Å². The van der Waals surface area contributed by atoms with Crippen molar-refractivity contribution in [3.8, 4) is 16.9 Å². The number of fused-ring (bicyclic) bond motifs is 3.